The van der Waals surface area contributed by atoms with E-state index in [1.807, 2.05) is 55.5 Å². The smallest absolute Gasteiger partial charge is 0.0767 e. The summed E-state index contributed by atoms with van der Waals surface area (Å²) in [5.41, 5.74) is 8.07. The number of aryl methyl sites for hydroxylation is 1. The number of rotatable bonds is 2. The fraction of sp³-hybridized carbons (Fsp3) is 0.125. The highest BCUT2D eigenvalue weighted by Crippen LogP contribution is 2.38. The third-order valence-electron chi connectivity index (χ3n) is 4.83. The van der Waals surface area contributed by atoms with Gasteiger partial charge in [-0.2, -0.15) is 0 Å². The van der Waals surface area contributed by atoms with Crippen LogP contribution >= 0.6 is 0 Å². The molecule has 0 bridgehead atoms. The lowest BCUT2D eigenvalue weighted by Crippen LogP contribution is -2.21. The van der Waals surface area contributed by atoms with Crippen LogP contribution in [0.3, 0.4) is 0 Å². The van der Waals surface area contributed by atoms with E-state index in [9.17, 15) is 5.21 Å². The third kappa shape index (κ3) is 3.42. The summed E-state index contributed by atoms with van der Waals surface area (Å²) in [7, 11) is 0. The molecule has 1 N–H and O–H groups in total. The van der Waals surface area contributed by atoms with Gasteiger partial charge in [0.1, 0.15) is 0 Å². The fourth-order valence-electron chi connectivity index (χ4n) is 3.41. The van der Waals surface area contributed by atoms with E-state index >= 15 is 0 Å². The topological polar surface area (TPSA) is 35.8 Å². The second-order valence-corrected chi connectivity index (χ2v) is 6.85. The van der Waals surface area contributed by atoms with Gasteiger partial charge in [0.25, 0.3) is 0 Å². The number of hydrogen-bond acceptors (Lipinski definition) is 3. The van der Waals surface area contributed by atoms with E-state index in [0.29, 0.717) is 6.54 Å². The van der Waals surface area contributed by atoms with Crippen LogP contribution in [0.25, 0.3) is 5.57 Å². The van der Waals surface area contributed by atoms with Crippen LogP contribution in [-0.2, 0) is 6.54 Å². The average molecular weight is 354 g/mol. The van der Waals surface area contributed by atoms with Crippen LogP contribution in [0.15, 0.2) is 95.2 Å². The van der Waals surface area contributed by atoms with Gasteiger partial charge in [-0.05, 0) is 49.3 Å². The van der Waals surface area contributed by atoms with Gasteiger partial charge in [0.15, 0.2) is 0 Å². The van der Waals surface area contributed by atoms with Gasteiger partial charge in [0.2, 0.25) is 0 Å². The predicted molar refractivity (Wildman–Crippen MR) is 112 cm³/mol. The highest BCUT2D eigenvalue weighted by molar-refractivity contribution is 6.18. The zero-order chi connectivity index (χ0) is 18.8. The molecule has 2 aliphatic rings. The molecule has 1 aliphatic carbocycles. The van der Waals surface area contributed by atoms with Crippen molar-refractivity contribution in [1.82, 2.24) is 0 Å². The summed E-state index contributed by atoms with van der Waals surface area (Å²) in [4.78, 5) is 4.86. The van der Waals surface area contributed by atoms with Gasteiger partial charge in [-0.3, -0.25) is 10.2 Å². The van der Waals surface area contributed by atoms with Crippen LogP contribution in [0.1, 0.15) is 23.6 Å². The molecule has 0 unspecified atom stereocenters. The Morgan fingerprint density at radius 1 is 0.926 bits per heavy atom. The molecule has 0 amide bonds. The minimum Gasteiger partial charge on any atom is -0.284 e. The Bertz CT molecular complexity index is 1020. The first-order valence-corrected chi connectivity index (χ1v) is 9.09. The maximum atomic E-state index is 10.4. The molecular weight excluding hydrogens is 332 g/mol. The lowest BCUT2D eigenvalue weighted by atomic mass is 9.89. The Balaban J connectivity index is 1.83. The number of hydroxylamine groups is 1. The first-order chi connectivity index (χ1) is 13.1. The molecular formula is C24H22N2O. The fourth-order valence-corrected chi connectivity index (χ4v) is 3.41. The van der Waals surface area contributed by atoms with E-state index in [0.717, 1.165) is 39.4 Å². The summed E-state index contributed by atoms with van der Waals surface area (Å²) in [6, 6.07) is 16.4. The van der Waals surface area contributed by atoms with Crippen molar-refractivity contribution in [2.75, 3.05) is 5.06 Å². The van der Waals surface area contributed by atoms with Crippen molar-refractivity contribution in [3.05, 3.63) is 107 Å². The van der Waals surface area contributed by atoms with Crippen LogP contribution < -0.4 is 5.06 Å². The Hall–Kier alpha value is -3.17. The third-order valence-corrected chi connectivity index (χ3v) is 4.83. The largest absolute Gasteiger partial charge is 0.284 e. The van der Waals surface area contributed by atoms with Gasteiger partial charge < -0.3 is 0 Å². The lowest BCUT2D eigenvalue weighted by molar-refractivity contribution is 0.283. The normalized spacial score (nSPS) is 20.0. The van der Waals surface area contributed by atoms with Gasteiger partial charge in [0.05, 0.1) is 17.9 Å². The zero-order valence-corrected chi connectivity index (χ0v) is 15.6. The molecule has 0 radical (unpaired) electrons. The van der Waals surface area contributed by atoms with Crippen molar-refractivity contribution in [2.24, 2.45) is 4.99 Å². The lowest BCUT2D eigenvalue weighted by Gasteiger charge is -2.28. The number of allylic oxidation sites excluding steroid dienone is 8. The van der Waals surface area contributed by atoms with Gasteiger partial charge in [-0.25, -0.2) is 5.06 Å². The molecule has 2 aromatic rings. The Morgan fingerprint density at radius 2 is 1.70 bits per heavy atom. The van der Waals surface area contributed by atoms with E-state index in [4.69, 9.17) is 4.99 Å². The van der Waals surface area contributed by atoms with E-state index in [-0.39, 0.29) is 0 Å². The molecule has 0 fully saturated rings. The van der Waals surface area contributed by atoms with E-state index < -0.39 is 0 Å². The maximum absolute atomic E-state index is 10.4. The summed E-state index contributed by atoms with van der Waals surface area (Å²) in [5.74, 6) is 0. The standard InChI is InChI=1S/C24H22N2O/c1-17-12-13-24-22(14-17)21(15-18(2)26(24)27)20-10-6-7-11-23(20)25-16-19-8-4-3-5-9-19/h3-15,27H,16H2,1-2H3/b21-20+,25-23?. The second-order valence-electron chi connectivity index (χ2n) is 6.85. The van der Waals surface area contributed by atoms with Gasteiger partial charge >= 0.3 is 0 Å². The molecule has 3 heteroatoms. The number of benzene rings is 2. The van der Waals surface area contributed by atoms with E-state index in [1.54, 1.807) is 0 Å². The van der Waals surface area contributed by atoms with Crippen LogP contribution in [0, 0.1) is 6.92 Å². The molecule has 4 rings (SSSR count). The quantitative estimate of drug-likeness (QED) is 0.759. The number of aliphatic imine (C=N–C) groups is 1. The van der Waals surface area contributed by atoms with E-state index in [1.165, 1.54) is 10.6 Å². The highest BCUT2D eigenvalue weighted by atomic mass is 16.5. The van der Waals surface area contributed by atoms with Crippen LogP contribution in [0.2, 0.25) is 0 Å². The van der Waals surface area contributed by atoms with Crippen LogP contribution in [0.4, 0.5) is 5.69 Å². The van der Waals surface area contributed by atoms with Crippen molar-refractivity contribution < 1.29 is 5.21 Å². The number of fused-ring (bicyclic) bond motifs is 1. The zero-order valence-electron chi connectivity index (χ0n) is 15.6. The summed E-state index contributed by atoms with van der Waals surface area (Å²) < 4.78 is 0. The summed E-state index contributed by atoms with van der Waals surface area (Å²) in [5, 5.41) is 11.7. The molecule has 27 heavy (non-hydrogen) atoms. The Kier molecular flexibility index (Phi) is 4.61. The Labute approximate surface area is 160 Å². The summed E-state index contributed by atoms with van der Waals surface area (Å²) >= 11 is 0. The SMILES string of the molecule is CC1=C/C(=C2/C=CC=CC2=NCc2ccccc2)c2cc(C)ccc2N1O. The molecule has 134 valence electrons. The molecule has 1 aliphatic heterocycles. The van der Waals surface area contributed by atoms with Crippen molar-refractivity contribution >= 4 is 17.0 Å². The monoisotopic (exact) mass is 354 g/mol. The molecule has 2 aromatic carbocycles. The van der Waals surface area contributed by atoms with Crippen LogP contribution in [-0.4, -0.2) is 10.9 Å². The van der Waals surface area contributed by atoms with Gasteiger partial charge in [-0.1, -0.05) is 60.2 Å². The van der Waals surface area contributed by atoms with Crippen molar-refractivity contribution in [2.45, 2.75) is 20.4 Å². The molecule has 0 spiro atoms. The average Bonchev–Trinajstić information content (AvgIpc) is 2.70. The Morgan fingerprint density at radius 3 is 2.52 bits per heavy atom. The van der Waals surface area contributed by atoms with Crippen molar-refractivity contribution in [1.29, 1.82) is 0 Å². The first-order valence-electron chi connectivity index (χ1n) is 9.09. The minimum atomic E-state index is 0.640. The molecule has 3 nitrogen and oxygen atoms in total. The highest BCUT2D eigenvalue weighted by Gasteiger charge is 2.22. The minimum absolute atomic E-state index is 0.640. The summed E-state index contributed by atoms with van der Waals surface area (Å²) in [6.45, 7) is 4.61. The molecule has 0 saturated carbocycles. The van der Waals surface area contributed by atoms with Gasteiger partial charge in [-0.15, -0.1) is 0 Å². The first kappa shape index (κ1) is 17.3. The predicted octanol–water partition coefficient (Wildman–Crippen LogP) is 5.63. The molecule has 0 saturated heterocycles. The molecule has 0 aromatic heterocycles. The van der Waals surface area contributed by atoms with Crippen molar-refractivity contribution in [3.8, 4) is 0 Å². The second kappa shape index (κ2) is 7.22. The van der Waals surface area contributed by atoms with Gasteiger partial charge in [0, 0.05) is 16.8 Å². The van der Waals surface area contributed by atoms with Crippen molar-refractivity contribution in [3.63, 3.8) is 0 Å². The molecule has 1 heterocycles. The number of nitrogens with zero attached hydrogens (tertiary/aromatic N) is 2. The van der Waals surface area contributed by atoms with Crippen LogP contribution in [0.5, 0.6) is 0 Å². The van der Waals surface area contributed by atoms with E-state index in [2.05, 4.69) is 37.3 Å². The molecule has 0 atom stereocenters. The summed E-state index contributed by atoms with van der Waals surface area (Å²) in [6.07, 6.45) is 10.2. The number of anilines is 1. The number of hydrogen-bond donors (Lipinski definition) is 1. The maximum Gasteiger partial charge on any atom is 0.0767 e.